The largest absolute Gasteiger partial charge is 0.383 e. The molecule has 114 valence electrons. The van der Waals surface area contributed by atoms with Crippen LogP contribution in [0.25, 0.3) is 11.3 Å². The monoisotopic (exact) mass is 286 g/mol. The minimum Gasteiger partial charge on any atom is -0.383 e. The highest BCUT2D eigenvalue weighted by molar-refractivity contribution is 5.73. The van der Waals surface area contributed by atoms with E-state index in [1.54, 1.807) is 6.20 Å². The molecule has 0 unspecified atom stereocenters. The van der Waals surface area contributed by atoms with E-state index in [2.05, 4.69) is 51.1 Å². The van der Waals surface area contributed by atoms with Crippen LogP contribution in [0, 0.1) is 12.8 Å². The number of pyridine rings is 1. The summed E-state index contributed by atoms with van der Waals surface area (Å²) in [6, 6.07) is 1.99. The van der Waals surface area contributed by atoms with E-state index in [9.17, 15) is 0 Å². The zero-order chi connectivity index (χ0) is 15.8. The van der Waals surface area contributed by atoms with Gasteiger partial charge in [0.1, 0.15) is 17.3 Å². The van der Waals surface area contributed by atoms with Gasteiger partial charge in [-0.3, -0.25) is 4.98 Å². The molecule has 0 aromatic carbocycles. The van der Waals surface area contributed by atoms with Gasteiger partial charge in [-0.15, -0.1) is 0 Å². The molecule has 0 atom stereocenters. The standard InChI is InChI=1S/C17H26N4/c1-11(2)10-21-15(18)14(20-16(21)17(4,5)6)13-9-19-8-7-12(13)3/h7-9,11H,10,18H2,1-6H3. The molecular formula is C17H26N4. The molecule has 0 amide bonds. The molecule has 2 aromatic heterocycles. The van der Waals surface area contributed by atoms with E-state index in [4.69, 9.17) is 10.7 Å². The first kappa shape index (κ1) is 15.5. The maximum absolute atomic E-state index is 6.42. The molecule has 0 saturated heterocycles. The molecule has 2 heterocycles. The highest BCUT2D eigenvalue weighted by Gasteiger charge is 2.26. The molecule has 0 aliphatic heterocycles. The Balaban J connectivity index is 2.65. The molecule has 0 saturated carbocycles. The number of hydrogen-bond donors (Lipinski definition) is 1. The number of imidazole rings is 1. The van der Waals surface area contributed by atoms with Crippen LogP contribution in [0.2, 0.25) is 0 Å². The predicted octanol–water partition coefficient (Wildman–Crippen LogP) is 3.79. The molecule has 0 bridgehead atoms. The van der Waals surface area contributed by atoms with Crippen LogP contribution in [-0.2, 0) is 12.0 Å². The van der Waals surface area contributed by atoms with Crippen molar-refractivity contribution in [2.75, 3.05) is 5.73 Å². The van der Waals surface area contributed by atoms with Gasteiger partial charge in [-0.2, -0.15) is 0 Å². The molecule has 21 heavy (non-hydrogen) atoms. The molecule has 0 radical (unpaired) electrons. The first-order valence-electron chi connectivity index (χ1n) is 7.49. The Morgan fingerprint density at radius 2 is 1.95 bits per heavy atom. The lowest BCUT2D eigenvalue weighted by atomic mass is 9.95. The average molecular weight is 286 g/mol. The van der Waals surface area contributed by atoms with Gasteiger partial charge in [-0.25, -0.2) is 4.98 Å². The summed E-state index contributed by atoms with van der Waals surface area (Å²) in [6.45, 7) is 13.9. The van der Waals surface area contributed by atoms with Crippen molar-refractivity contribution in [2.45, 2.75) is 53.5 Å². The fourth-order valence-corrected chi connectivity index (χ4v) is 2.50. The predicted molar refractivity (Wildman–Crippen MR) is 88.1 cm³/mol. The summed E-state index contributed by atoms with van der Waals surface area (Å²) >= 11 is 0. The lowest BCUT2D eigenvalue weighted by Crippen LogP contribution is -2.21. The zero-order valence-electron chi connectivity index (χ0n) is 13.9. The summed E-state index contributed by atoms with van der Waals surface area (Å²) in [7, 11) is 0. The summed E-state index contributed by atoms with van der Waals surface area (Å²) < 4.78 is 2.16. The Hall–Kier alpha value is -1.84. The van der Waals surface area contributed by atoms with Crippen molar-refractivity contribution < 1.29 is 0 Å². The summed E-state index contributed by atoms with van der Waals surface area (Å²) in [5.41, 5.74) is 9.39. The molecule has 2 aromatic rings. The van der Waals surface area contributed by atoms with E-state index >= 15 is 0 Å². The molecule has 0 spiro atoms. The van der Waals surface area contributed by atoms with Crippen molar-refractivity contribution in [2.24, 2.45) is 5.92 Å². The van der Waals surface area contributed by atoms with E-state index in [1.165, 1.54) is 0 Å². The van der Waals surface area contributed by atoms with E-state index in [-0.39, 0.29) is 5.41 Å². The second kappa shape index (κ2) is 5.51. The van der Waals surface area contributed by atoms with Crippen molar-refractivity contribution in [3.63, 3.8) is 0 Å². The number of nitrogens with zero attached hydrogens (tertiary/aromatic N) is 3. The lowest BCUT2D eigenvalue weighted by molar-refractivity contribution is 0.455. The van der Waals surface area contributed by atoms with Crippen molar-refractivity contribution in [1.82, 2.24) is 14.5 Å². The van der Waals surface area contributed by atoms with Crippen molar-refractivity contribution in [1.29, 1.82) is 0 Å². The van der Waals surface area contributed by atoms with Crippen molar-refractivity contribution >= 4 is 5.82 Å². The first-order chi connectivity index (χ1) is 9.71. The highest BCUT2D eigenvalue weighted by atomic mass is 15.2. The van der Waals surface area contributed by atoms with Crippen LogP contribution >= 0.6 is 0 Å². The second-order valence-electron chi connectivity index (χ2n) is 7.11. The highest BCUT2D eigenvalue weighted by Crippen LogP contribution is 2.33. The van der Waals surface area contributed by atoms with Crippen molar-refractivity contribution in [3.05, 3.63) is 29.8 Å². The lowest BCUT2D eigenvalue weighted by Gasteiger charge is -2.21. The molecule has 4 heteroatoms. The molecular weight excluding hydrogens is 260 g/mol. The number of nitrogen functional groups attached to an aromatic ring is 1. The van der Waals surface area contributed by atoms with Gasteiger partial charge in [0, 0.05) is 29.9 Å². The Morgan fingerprint density at radius 1 is 1.29 bits per heavy atom. The third-order valence-corrected chi connectivity index (χ3v) is 3.52. The Kier molecular flexibility index (Phi) is 4.08. The summed E-state index contributed by atoms with van der Waals surface area (Å²) in [5, 5.41) is 0. The quantitative estimate of drug-likeness (QED) is 0.934. The summed E-state index contributed by atoms with van der Waals surface area (Å²) in [6.07, 6.45) is 3.64. The van der Waals surface area contributed by atoms with Gasteiger partial charge in [-0.1, -0.05) is 34.6 Å². The van der Waals surface area contributed by atoms with Crippen LogP contribution in [-0.4, -0.2) is 14.5 Å². The normalized spacial score (nSPS) is 12.1. The molecule has 0 fully saturated rings. The Morgan fingerprint density at radius 3 is 2.48 bits per heavy atom. The number of aromatic nitrogens is 3. The van der Waals surface area contributed by atoms with Crippen LogP contribution in [0.3, 0.4) is 0 Å². The molecule has 0 aliphatic carbocycles. The fraction of sp³-hybridized carbons (Fsp3) is 0.529. The van der Waals surface area contributed by atoms with Gasteiger partial charge in [0.15, 0.2) is 0 Å². The number of rotatable bonds is 3. The van der Waals surface area contributed by atoms with E-state index < -0.39 is 0 Å². The minimum absolute atomic E-state index is 0.0443. The number of nitrogens with two attached hydrogens (primary N) is 1. The topological polar surface area (TPSA) is 56.7 Å². The fourth-order valence-electron chi connectivity index (χ4n) is 2.50. The third-order valence-electron chi connectivity index (χ3n) is 3.52. The summed E-state index contributed by atoms with van der Waals surface area (Å²) in [5.74, 6) is 2.29. The van der Waals surface area contributed by atoms with Crippen molar-refractivity contribution in [3.8, 4) is 11.3 Å². The van der Waals surface area contributed by atoms with Crippen LogP contribution in [0.4, 0.5) is 5.82 Å². The maximum atomic E-state index is 6.42. The summed E-state index contributed by atoms with van der Waals surface area (Å²) in [4.78, 5) is 9.08. The zero-order valence-corrected chi connectivity index (χ0v) is 13.9. The Bertz CT molecular complexity index is 633. The van der Waals surface area contributed by atoms with E-state index in [1.807, 2.05) is 12.3 Å². The van der Waals surface area contributed by atoms with Gasteiger partial charge in [0.25, 0.3) is 0 Å². The van der Waals surface area contributed by atoms with Gasteiger partial charge in [0.05, 0.1) is 0 Å². The number of anilines is 1. The number of aryl methyl sites for hydroxylation is 1. The second-order valence-corrected chi connectivity index (χ2v) is 7.11. The van der Waals surface area contributed by atoms with Crippen LogP contribution < -0.4 is 5.73 Å². The van der Waals surface area contributed by atoms with Gasteiger partial charge >= 0.3 is 0 Å². The molecule has 2 N–H and O–H groups in total. The minimum atomic E-state index is -0.0443. The van der Waals surface area contributed by atoms with Gasteiger partial charge in [0.2, 0.25) is 0 Å². The molecule has 0 aliphatic rings. The van der Waals surface area contributed by atoms with Gasteiger partial charge < -0.3 is 10.3 Å². The van der Waals surface area contributed by atoms with E-state index in [0.717, 1.165) is 35.0 Å². The number of hydrogen-bond acceptors (Lipinski definition) is 3. The van der Waals surface area contributed by atoms with Crippen LogP contribution in [0.1, 0.15) is 46.0 Å². The first-order valence-corrected chi connectivity index (χ1v) is 7.49. The Labute approximate surface area is 127 Å². The average Bonchev–Trinajstić information content (AvgIpc) is 2.67. The van der Waals surface area contributed by atoms with Gasteiger partial charge in [-0.05, 0) is 24.5 Å². The smallest absolute Gasteiger partial charge is 0.131 e. The van der Waals surface area contributed by atoms with Crippen LogP contribution in [0.5, 0.6) is 0 Å². The van der Waals surface area contributed by atoms with E-state index in [0.29, 0.717) is 5.92 Å². The maximum Gasteiger partial charge on any atom is 0.131 e. The third kappa shape index (κ3) is 3.09. The SMILES string of the molecule is Cc1ccncc1-c1nc(C(C)(C)C)n(CC(C)C)c1N. The molecule has 4 nitrogen and oxygen atoms in total. The molecule has 2 rings (SSSR count). The van der Waals surface area contributed by atoms with Crippen LogP contribution in [0.15, 0.2) is 18.5 Å².